The summed E-state index contributed by atoms with van der Waals surface area (Å²) in [5.74, 6) is -1.26. The van der Waals surface area contributed by atoms with Crippen molar-refractivity contribution in [3.05, 3.63) is 30.2 Å². The third-order valence-corrected chi connectivity index (χ3v) is 3.09. The van der Waals surface area contributed by atoms with E-state index in [-0.39, 0.29) is 18.5 Å². The molecule has 19 heavy (non-hydrogen) atoms. The number of hydrogen-bond acceptors (Lipinski definition) is 4. The van der Waals surface area contributed by atoms with Crippen molar-refractivity contribution in [1.29, 1.82) is 0 Å². The van der Waals surface area contributed by atoms with Gasteiger partial charge in [-0.3, -0.25) is 14.0 Å². The summed E-state index contributed by atoms with van der Waals surface area (Å²) in [6, 6.07) is 3.38. The van der Waals surface area contributed by atoms with Gasteiger partial charge in [0.2, 0.25) is 0 Å². The molecule has 3 rings (SSSR count). The number of carboxylic acid groups (broad SMARTS) is 1. The molecular weight excluding hydrogens is 248 g/mol. The van der Waals surface area contributed by atoms with Gasteiger partial charge in [-0.15, -0.1) is 10.2 Å². The Kier molecular flexibility index (Phi) is 2.66. The van der Waals surface area contributed by atoms with Crippen LogP contribution in [0.15, 0.2) is 24.7 Å². The first-order valence-corrected chi connectivity index (χ1v) is 5.97. The molecule has 1 fully saturated rings. The number of amides is 1. The number of nitrogens with zero attached hydrogens (tertiary/aromatic N) is 4. The summed E-state index contributed by atoms with van der Waals surface area (Å²) in [5.41, 5.74) is 1.09. The van der Waals surface area contributed by atoms with Gasteiger partial charge in [-0.2, -0.15) is 0 Å². The van der Waals surface area contributed by atoms with E-state index in [0.29, 0.717) is 11.2 Å². The van der Waals surface area contributed by atoms with Crippen LogP contribution in [0.3, 0.4) is 0 Å². The molecule has 1 aliphatic rings. The van der Waals surface area contributed by atoms with E-state index in [2.05, 4.69) is 10.2 Å². The number of carbonyl (C=O) groups excluding carboxylic acids is 1. The Labute approximate surface area is 108 Å². The van der Waals surface area contributed by atoms with Crippen LogP contribution in [0.2, 0.25) is 0 Å². The highest BCUT2D eigenvalue weighted by atomic mass is 16.4. The average Bonchev–Trinajstić information content (AvgIpc) is 3.12. The molecular formula is C12H12N4O3. The van der Waals surface area contributed by atoms with Crippen LogP contribution in [0.5, 0.6) is 0 Å². The lowest BCUT2D eigenvalue weighted by atomic mass is 10.2. The Morgan fingerprint density at radius 3 is 2.89 bits per heavy atom. The Hall–Kier alpha value is -2.44. The zero-order valence-corrected chi connectivity index (χ0v) is 10.1. The van der Waals surface area contributed by atoms with Crippen LogP contribution in [-0.2, 0) is 4.79 Å². The Balaban J connectivity index is 1.89. The Morgan fingerprint density at radius 2 is 2.21 bits per heavy atom. The van der Waals surface area contributed by atoms with E-state index in [4.69, 9.17) is 5.11 Å². The molecule has 0 saturated heterocycles. The largest absolute Gasteiger partial charge is 0.480 e. The van der Waals surface area contributed by atoms with Crippen LogP contribution in [-0.4, -0.2) is 49.1 Å². The second-order valence-corrected chi connectivity index (χ2v) is 4.57. The van der Waals surface area contributed by atoms with E-state index in [1.54, 1.807) is 22.7 Å². The van der Waals surface area contributed by atoms with Gasteiger partial charge >= 0.3 is 5.97 Å². The van der Waals surface area contributed by atoms with Gasteiger partial charge in [-0.1, -0.05) is 0 Å². The van der Waals surface area contributed by atoms with Crippen LogP contribution in [0, 0.1) is 0 Å². The summed E-state index contributed by atoms with van der Waals surface area (Å²) < 4.78 is 1.64. The lowest BCUT2D eigenvalue weighted by Gasteiger charge is -2.20. The van der Waals surface area contributed by atoms with Gasteiger partial charge in [0.1, 0.15) is 12.9 Å². The van der Waals surface area contributed by atoms with Crippen LogP contribution >= 0.6 is 0 Å². The minimum absolute atomic E-state index is 0.0557. The first-order chi connectivity index (χ1) is 9.15. The van der Waals surface area contributed by atoms with E-state index in [1.807, 2.05) is 0 Å². The number of pyridine rings is 1. The molecule has 1 saturated carbocycles. The fraction of sp³-hybridized carbons (Fsp3) is 0.333. The Morgan fingerprint density at radius 1 is 1.42 bits per heavy atom. The molecule has 98 valence electrons. The third-order valence-electron chi connectivity index (χ3n) is 3.09. The lowest BCUT2D eigenvalue weighted by Crippen LogP contribution is -2.37. The monoisotopic (exact) mass is 260 g/mol. The molecule has 0 aromatic carbocycles. The van der Waals surface area contributed by atoms with Gasteiger partial charge in [0, 0.05) is 12.2 Å². The number of carbonyl (C=O) groups is 2. The minimum atomic E-state index is -0.995. The number of rotatable bonds is 4. The lowest BCUT2D eigenvalue weighted by molar-refractivity contribution is -0.137. The first-order valence-electron chi connectivity index (χ1n) is 5.97. The van der Waals surface area contributed by atoms with E-state index in [1.165, 1.54) is 11.2 Å². The SMILES string of the molecule is O=C(O)CN(C(=O)c1ccc2nncn2c1)C1CC1. The zero-order chi connectivity index (χ0) is 13.4. The summed E-state index contributed by atoms with van der Waals surface area (Å²) in [5, 5.41) is 16.5. The molecule has 2 heterocycles. The normalized spacial score (nSPS) is 14.5. The van der Waals surface area contributed by atoms with Crippen LogP contribution in [0.25, 0.3) is 5.65 Å². The van der Waals surface area contributed by atoms with Crippen molar-refractivity contribution in [2.45, 2.75) is 18.9 Å². The predicted molar refractivity (Wildman–Crippen MR) is 64.7 cm³/mol. The molecule has 2 aromatic rings. The summed E-state index contributed by atoms with van der Waals surface area (Å²) in [6.07, 6.45) is 4.86. The maximum Gasteiger partial charge on any atom is 0.323 e. The van der Waals surface area contributed by atoms with Crippen molar-refractivity contribution < 1.29 is 14.7 Å². The van der Waals surface area contributed by atoms with Crippen molar-refractivity contribution in [2.75, 3.05) is 6.54 Å². The maximum atomic E-state index is 12.3. The fourth-order valence-electron chi connectivity index (χ4n) is 2.02. The molecule has 2 aromatic heterocycles. The summed E-state index contributed by atoms with van der Waals surface area (Å²) in [7, 11) is 0. The van der Waals surface area contributed by atoms with Crippen molar-refractivity contribution in [3.63, 3.8) is 0 Å². The van der Waals surface area contributed by atoms with Crippen molar-refractivity contribution >= 4 is 17.5 Å². The summed E-state index contributed by atoms with van der Waals surface area (Å²) in [6.45, 7) is -0.260. The molecule has 7 nitrogen and oxygen atoms in total. The number of fused-ring (bicyclic) bond motifs is 1. The molecule has 0 unspecified atom stereocenters. The molecule has 0 atom stereocenters. The molecule has 1 amide bonds. The van der Waals surface area contributed by atoms with Gasteiger partial charge in [0.15, 0.2) is 5.65 Å². The van der Waals surface area contributed by atoms with Crippen LogP contribution in [0.1, 0.15) is 23.2 Å². The van der Waals surface area contributed by atoms with Crippen LogP contribution < -0.4 is 0 Å². The first kappa shape index (κ1) is 11.6. The summed E-state index contributed by atoms with van der Waals surface area (Å²) in [4.78, 5) is 24.6. The highest BCUT2D eigenvalue weighted by Crippen LogP contribution is 2.28. The minimum Gasteiger partial charge on any atom is -0.480 e. The van der Waals surface area contributed by atoms with E-state index in [0.717, 1.165) is 12.8 Å². The highest BCUT2D eigenvalue weighted by Gasteiger charge is 2.34. The molecule has 0 bridgehead atoms. The van der Waals surface area contributed by atoms with E-state index < -0.39 is 5.97 Å². The van der Waals surface area contributed by atoms with Crippen molar-refractivity contribution in [1.82, 2.24) is 19.5 Å². The highest BCUT2D eigenvalue weighted by molar-refractivity contribution is 5.96. The number of hydrogen-bond donors (Lipinski definition) is 1. The van der Waals surface area contributed by atoms with Gasteiger partial charge < -0.3 is 10.0 Å². The second kappa shape index (κ2) is 4.34. The van der Waals surface area contributed by atoms with E-state index in [9.17, 15) is 9.59 Å². The zero-order valence-electron chi connectivity index (χ0n) is 10.1. The average molecular weight is 260 g/mol. The molecule has 1 N–H and O–H groups in total. The van der Waals surface area contributed by atoms with Gasteiger partial charge in [-0.05, 0) is 25.0 Å². The van der Waals surface area contributed by atoms with Gasteiger partial charge in [0.25, 0.3) is 5.91 Å². The van der Waals surface area contributed by atoms with Crippen LogP contribution in [0.4, 0.5) is 0 Å². The number of carboxylic acids is 1. The third kappa shape index (κ3) is 2.26. The number of aromatic nitrogens is 3. The molecule has 7 heteroatoms. The van der Waals surface area contributed by atoms with Crippen molar-refractivity contribution in [2.24, 2.45) is 0 Å². The Bertz CT molecular complexity index is 647. The smallest absolute Gasteiger partial charge is 0.323 e. The molecule has 0 radical (unpaired) electrons. The van der Waals surface area contributed by atoms with Gasteiger partial charge in [0.05, 0.1) is 5.56 Å². The summed E-state index contributed by atoms with van der Waals surface area (Å²) >= 11 is 0. The second-order valence-electron chi connectivity index (χ2n) is 4.57. The van der Waals surface area contributed by atoms with Crippen molar-refractivity contribution in [3.8, 4) is 0 Å². The van der Waals surface area contributed by atoms with Gasteiger partial charge in [-0.25, -0.2) is 0 Å². The topological polar surface area (TPSA) is 87.8 Å². The molecule has 0 spiro atoms. The standard InChI is InChI=1S/C12H12N4O3/c17-11(18)6-16(9-2-3-9)12(19)8-1-4-10-14-13-7-15(10)5-8/h1,4-5,7,9H,2-3,6H2,(H,17,18). The molecule has 1 aliphatic carbocycles. The fourth-order valence-corrected chi connectivity index (χ4v) is 2.02. The number of aliphatic carboxylic acids is 1. The quantitative estimate of drug-likeness (QED) is 0.860. The maximum absolute atomic E-state index is 12.3. The predicted octanol–water partition coefficient (Wildman–Crippen LogP) is 0.418. The molecule has 0 aliphatic heterocycles. The van der Waals surface area contributed by atoms with E-state index >= 15 is 0 Å².